The van der Waals surface area contributed by atoms with Gasteiger partial charge in [0.25, 0.3) is 11.5 Å². The highest BCUT2D eigenvalue weighted by atomic mass is 16.3. The van der Waals surface area contributed by atoms with Gasteiger partial charge in [0.2, 0.25) is 17.8 Å². The second-order valence-corrected chi connectivity index (χ2v) is 18.5. The van der Waals surface area contributed by atoms with Gasteiger partial charge in [0, 0.05) is 69.3 Å². The van der Waals surface area contributed by atoms with Crippen LogP contribution in [0.3, 0.4) is 0 Å². The number of carbonyl (C=O) groups excluding carboxylic acids is 3. The minimum Gasteiger partial charge on any atom is -0.384 e. The molecule has 18 heteroatoms. The Labute approximate surface area is 376 Å². The monoisotopic (exact) mass is 881 g/mol. The summed E-state index contributed by atoms with van der Waals surface area (Å²) in [5.74, 6) is 0.325. The highest BCUT2D eigenvalue weighted by molar-refractivity contribution is 6.03. The fourth-order valence-electron chi connectivity index (χ4n) is 10.3. The van der Waals surface area contributed by atoms with Gasteiger partial charge >= 0.3 is 0 Å². The predicted octanol–water partition coefficient (Wildman–Crippen LogP) is 3.95. The van der Waals surface area contributed by atoms with Crippen molar-refractivity contribution in [3.8, 4) is 5.82 Å². The number of rotatable bonds is 7. The second kappa shape index (κ2) is 17.5. The van der Waals surface area contributed by atoms with Crippen molar-refractivity contribution in [2.75, 3.05) is 54.4 Å². The summed E-state index contributed by atoms with van der Waals surface area (Å²) in [7, 11) is 0. The molecule has 65 heavy (non-hydrogen) atoms. The van der Waals surface area contributed by atoms with Crippen LogP contribution < -0.4 is 31.3 Å². The lowest BCUT2D eigenvalue weighted by Crippen LogP contribution is -2.52. The third-order valence-electron chi connectivity index (χ3n) is 14.3. The van der Waals surface area contributed by atoms with Crippen LogP contribution in [0.4, 0.5) is 23.1 Å². The molecule has 1 saturated carbocycles. The lowest BCUT2D eigenvalue weighted by Gasteiger charge is -2.49. The van der Waals surface area contributed by atoms with E-state index in [4.69, 9.17) is 9.97 Å². The summed E-state index contributed by atoms with van der Waals surface area (Å²) in [5, 5.41) is 28.4. The van der Waals surface area contributed by atoms with Crippen LogP contribution in [0.5, 0.6) is 0 Å². The van der Waals surface area contributed by atoms with Gasteiger partial charge < -0.3 is 25.5 Å². The molecule has 2 bridgehead atoms. The van der Waals surface area contributed by atoms with Crippen LogP contribution in [0.25, 0.3) is 16.9 Å². The summed E-state index contributed by atoms with van der Waals surface area (Å²) in [6, 6.07) is 17.2. The van der Waals surface area contributed by atoms with Gasteiger partial charge in [0.05, 0.1) is 12.2 Å². The zero-order valence-electron chi connectivity index (χ0n) is 36.7. The number of carbonyl (C=O) groups is 3. The number of anilines is 4. The Morgan fingerprint density at radius 3 is 2.34 bits per heavy atom. The number of piperidine rings is 2. The summed E-state index contributed by atoms with van der Waals surface area (Å²) in [6.45, 7) is 7.92. The molecule has 5 aliphatic rings. The zero-order chi connectivity index (χ0) is 44.7. The molecular formula is C47H55N13O5. The quantitative estimate of drug-likeness (QED) is 0.135. The number of piperazine rings is 1. The normalized spacial score (nSPS) is 23.4. The first kappa shape index (κ1) is 42.4. The smallest absolute Gasteiger partial charge is 0.278 e. The molecule has 5 aromatic rings. The van der Waals surface area contributed by atoms with Gasteiger partial charge in [0.1, 0.15) is 17.0 Å². The number of aromatic nitrogens is 7. The number of imide groups is 1. The number of hydrogen-bond donors (Lipinski definition) is 4. The first-order chi connectivity index (χ1) is 31.5. The molecule has 4 aromatic heterocycles. The topological polar surface area (TPSA) is 209 Å². The Morgan fingerprint density at radius 1 is 0.815 bits per heavy atom. The molecular weight excluding hydrogens is 827 g/mol. The Hall–Kier alpha value is -6.53. The highest BCUT2D eigenvalue weighted by Crippen LogP contribution is 2.46. The van der Waals surface area contributed by atoms with E-state index < -0.39 is 23.5 Å². The van der Waals surface area contributed by atoms with E-state index in [1.807, 2.05) is 48.6 Å². The highest BCUT2D eigenvalue weighted by Gasteiger charge is 2.40. The number of nitrogens with one attached hydrogen (secondary N) is 3. The average Bonchev–Trinajstić information content (AvgIpc) is 3.59. The number of nitrogens with zero attached hydrogens (tertiary/aromatic N) is 10. The standard InChI is InChI=1S/C47H55N13O5/c1-46(65)18-3-2-4-23-59-44(64)34-30-48-45(53-41(34)60(59)38-7-5-6-37(46)51-38)49-31-8-10-32(11-9-31)56-26-28-57(29-27-56)33-16-19-47(20-17-33)21-24-58(25-22-47)39-14-12-36(54-55-39)43(63)50-35-13-15-40(61)52-42(35)62/h2,4-12,14,30,33,35,65H,3,13,15-29H2,1H3,(H,50,63)(H,48,49,53)(H,52,61,62)/b4-2-/t35?,46-/m1/s1. The summed E-state index contributed by atoms with van der Waals surface area (Å²) in [4.78, 5) is 71.3. The number of pyridine rings is 1. The van der Waals surface area contributed by atoms with Crippen molar-refractivity contribution in [1.82, 2.24) is 50.0 Å². The van der Waals surface area contributed by atoms with E-state index >= 15 is 0 Å². The van der Waals surface area contributed by atoms with E-state index in [0.717, 1.165) is 63.6 Å². The summed E-state index contributed by atoms with van der Waals surface area (Å²) < 4.78 is 3.33. The maximum absolute atomic E-state index is 13.6. The van der Waals surface area contributed by atoms with Gasteiger partial charge in [-0.05, 0) is 119 Å². The maximum Gasteiger partial charge on any atom is 0.278 e. The first-order valence-electron chi connectivity index (χ1n) is 22.9. The largest absolute Gasteiger partial charge is 0.384 e. The van der Waals surface area contributed by atoms with Crippen LogP contribution in [0.15, 0.2) is 77.7 Å². The van der Waals surface area contributed by atoms with Gasteiger partial charge in [-0.15, -0.1) is 10.2 Å². The molecule has 338 valence electrons. The molecule has 3 amide bonds. The molecule has 2 atom stereocenters. The van der Waals surface area contributed by atoms with Crippen molar-refractivity contribution in [3.05, 3.63) is 94.7 Å². The maximum atomic E-state index is 13.6. The van der Waals surface area contributed by atoms with Crippen LogP contribution in [-0.2, 0) is 21.7 Å². The lowest BCUT2D eigenvalue weighted by molar-refractivity contribution is -0.134. The molecule has 10 rings (SSSR count). The molecule has 3 saturated heterocycles. The molecule has 4 N–H and O–H groups in total. The van der Waals surface area contributed by atoms with Crippen LogP contribution in [0, 0.1) is 5.41 Å². The fraction of sp³-hybridized carbons (Fsp3) is 0.468. The lowest BCUT2D eigenvalue weighted by atomic mass is 9.66. The molecule has 0 radical (unpaired) electrons. The van der Waals surface area contributed by atoms with Crippen LogP contribution in [0.1, 0.15) is 87.3 Å². The van der Waals surface area contributed by atoms with E-state index in [9.17, 15) is 24.3 Å². The Balaban J connectivity index is 0.707. The molecule has 1 unspecified atom stereocenters. The van der Waals surface area contributed by atoms with Crippen molar-refractivity contribution in [1.29, 1.82) is 0 Å². The van der Waals surface area contributed by atoms with Gasteiger partial charge in [0.15, 0.2) is 23.0 Å². The zero-order valence-corrected chi connectivity index (χ0v) is 36.7. The molecule has 1 aliphatic carbocycles. The van der Waals surface area contributed by atoms with E-state index in [1.54, 1.807) is 28.6 Å². The van der Waals surface area contributed by atoms with Crippen LogP contribution in [0.2, 0.25) is 0 Å². The SMILES string of the molecule is C[C@@]1(O)CC/C=C\Cn2c(=O)c3cnc(Nc4ccc(N5CCN(C6CCC7(CC6)CCN(c6ccc(C(=O)NC8CCC(=O)NC8=O)nn6)CC7)CC5)cc4)nc3n2-c2cccc1n2. The van der Waals surface area contributed by atoms with E-state index in [1.165, 1.54) is 31.4 Å². The number of hydrogen-bond acceptors (Lipinski definition) is 14. The molecule has 4 fully saturated rings. The minimum atomic E-state index is -1.12. The number of amides is 3. The molecule has 4 aliphatic heterocycles. The minimum absolute atomic E-state index is 0.146. The third-order valence-corrected chi connectivity index (χ3v) is 14.3. The van der Waals surface area contributed by atoms with Crippen molar-refractivity contribution in [2.24, 2.45) is 5.41 Å². The van der Waals surface area contributed by atoms with Gasteiger partial charge in [-0.2, -0.15) is 4.98 Å². The summed E-state index contributed by atoms with van der Waals surface area (Å²) in [5.41, 5.74) is 2.17. The Morgan fingerprint density at radius 2 is 1.60 bits per heavy atom. The Kier molecular flexibility index (Phi) is 11.4. The Bertz CT molecular complexity index is 2670. The van der Waals surface area contributed by atoms with E-state index in [-0.39, 0.29) is 30.0 Å². The van der Waals surface area contributed by atoms with Crippen LogP contribution in [-0.4, -0.2) is 114 Å². The molecule has 1 aromatic carbocycles. The summed E-state index contributed by atoms with van der Waals surface area (Å²) >= 11 is 0. The average molecular weight is 882 g/mol. The third kappa shape index (κ3) is 8.71. The molecule has 8 heterocycles. The number of benzene rings is 1. The predicted molar refractivity (Wildman–Crippen MR) is 244 cm³/mol. The summed E-state index contributed by atoms with van der Waals surface area (Å²) in [6.07, 6.45) is 14.2. The van der Waals surface area contributed by atoms with E-state index in [2.05, 4.69) is 58.0 Å². The van der Waals surface area contributed by atoms with Gasteiger partial charge in [-0.3, -0.25) is 29.4 Å². The van der Waals surface area contributed by atoms with Gasteiger partial charge in [-0.25, -0.2) is 19.3 Å². The fourth-order valence-corrected chi connectivity index (χ4v) is 10.3. The first-order valence-corrected chi connectivity index (χ1v) is 22.9. The van der Waals surface area contributed by atoms with Crippen molar-refractivity contribution in [3.63, 3.8) is 0 Å². The van der Waals surface area contributed by atoms with Crippen LogP contribution >= 0.6 is 0 Å². The van der Waals surface area contributed by atoms with Gasteiger partial charge in [-0.1, -0.05) is 18.2 Å². The number of allylic oxidation sites excluding steroid dienone is 2. The second-order valence-electron chi connectivity index (χ2n) is 18.5. The van der Waals surface area contributed by atoms with Crippen molar-refractivity contribution >= 4 is 51.9 Å². The number of fused-ring (bicyclic) bond motifs is 6. The molecule has 18 nitrogen and oxygen atoms in total. The van der Waals surface area contributed by atoms with Crippen molar-refractivity contribution < 1.29 is 19.5 Å². The molecule has 1 spiro atoms. The van der Waals surface area contributed by atoms with E-state index in [0.29, 0.717) is 59.3 Å². The van der Waals surface area contributed by atoms with Crippen molar-refractivity contribution in [2.45, 2.75) is 95.4 Å². The number of aliphatic hydroxyl groups is 1.